The molecule has 2 N–H and O–H groups in total. The van der Waals surface area contributed by atoms with Crippen molar-refractivity contribution in [2.75, 3.05) is 13.7 Å². The van der Waals surface area contributed by atoms with Gasteiger partial charge in [0.05, 0.1) is 24.5 Å². The second-order valence-corrected chi connectivity index (χ2v) is 7.34. The quantitative estimate of drug-likeness (QED) is 0.411. The van der Waals surface area contributed by atoms with Crippen molar-refractivity contribution in [1.29, 1.82) is 0 Å². The number of nitrogens with one attached hydrogen (secondary N) is 1. The molecule has 0 aliphatic carbocycles. The molecule has 0 saturated heterocycles. The molecule has 4 rings (SSSR count). The van der Waals surface area contributed by atoms with E-state index in [0.29, 0.717) is 30.2 Å². The zero-order valence-corrected chi connectivity index (χ0v) is 17.7. The molecule has 32 heavy (non-hydrogen) atoms. The molecule has 164 valence electrons. The standard InChI is InChI=1S/C24H23N3O5/c1-15-13-20(28)23(30)24(32-15)21(22(29)16-7-9-17(31-2)10-8-16)25-11-12-27-14-26-18-5-3-4-6-19(18)27/h3-10,13-14,21,25,30H,11-12H2,1-2H3. The molecule has 0 aliphatic heterocycles. The number of aryl methyl sites for hydroxylation is 1. The van der Waals surface area contributed by atoms with E-state index in [1.807, 2.05) is 28.8 Å². The molecular formula is C24H23N3O5. The molecule has 8 nitrogen and oxygen atoms in total. The lowest BCUT2D eigenvalue weighted by atomic mass is 10.0. The van der Waals surface area contributed by atoms with E-state index in [2.05, 4.69) is 10.3 Å². The molecule has 0 saturated carbocycles. The van der Waals surface area contributed by atoms with Crippen molar-refractivity contribution in [1.82, 2.24) is 14.9 Å². The van der Waals surface area contributed by atoms with Crippen LogP contribution in [-0.4, -0.2) is 34.1 Å². The highest BCUT2D eigenvalue weighted by atomic mass is 16.5. The van der Waals surface area contributed by atoms with Gasteiger partial charge in [0.25, 0.3) is 0 Å². The topological polar surface area (TPSA) is 107 Å². The minimum Gasteiger partial charge on any atom is -0.502 e. The lowest BCUT2D eigenvalue weighted by Crippen LogP contribution is -2.32. The maximum absolute atomic E-state index is 13.3. The van der Waals surface area contributed by atoms with Crippen molar-refractivity contribution in [3.05, 3.63) is 88.2 Å². The zero-order chi connectivity index (χ0) is 22.7. The van der Waals surface area contributed by atoms with Gasteiger partial charge >= 0.3 is 0 Å². The Kier molecular flexibility index (Phi) is 6.04. The molecule has 8 heteroatoms. The van der Waals surface area contributed by atoms with Gasteiger partial charge in [-0.05, 0) is 43.3 Å². The molecule has 4 aromatic rings. The van der Waals surface area contributed by atoms with Crippen molar-refractivity contribution in [3.8, 4) is 11.5 Å². The molecule has 2 aromatic heterocycles. The van der Waals surface area contributed by atoms with Crippen LogP contribution in [0.5, 0.6) is 11.5 Å². The number of hydrogen-bond donors (Lipinski definition) is 2. The average Bonchev–Trinajstić information content (AvgIpc) is 3.22. The van der Waals surface area contributed by atoms with E-state index in [-0.39, 0.29) is 11.5 Å². The molecule has 0 amide bonds. The Balaban J connectivity index is 1.62. The van der Waals surface area contributed by atoms with Gasteiger partial charge in [-0.15, -0.1) is 0 Å². The number of methoxy groups -OCH3 is 1. The summed E-state index contributed by atoms with van der Waals surface area (Å²) in [4.78, 5) is 29.8. The minimum absolute atomic E-state index is 0.105. The fourth-order valence-corrected chi connectivity index (χ4v) is 3.57. The SMILES string of the molecule is COc1ccc(C(=O)C(NCCn2cnc3ccccc32)c2oc(C)cc(=O)c2O)cc1. The van der Waals surface area contributed by atoms with E-state index in [1.165, 1.54) is 6.07 Å². The Labute approximate surface area is 184 Å². The van der Waals surface area contributed by atoms with E-state index in [4.69, 9.17) is 9.15 Å². The number of aromatic nitrogens is 2. The number of imidazole rings is 1. The molecule has 1 atom stereocenters. The highest BCUT2D eigenvalue weighted by Crippen LogP contribution is 2.26. The summed E-state index contributed by atoms with van der Waals surface area (Å²) in [5, 5.41) is 13.5. The van der Waals surface area contributed by atoms with Crippen LogP contribution >= 0.6 is 0 Å². The summed E-state index contributed by atoms with van der Waals surface area (Å²) in [7, 11) is 1.54. The van der Waals surface area contributed by atoms with E-state index in [0.717, 1.165) is 11.0 Å². The van der Waals surface area contributed by atoms with Gasteiger partial charge in [-0.25, -0.2) is 4.98 Å². The number of ether oxygens (including phenoxy) is 1. The maximum Gasteiger partial charge on any atom is 0.227 e. The zero-order valence-electron chi connectivity index (χ0n) is 17.7. The predicted molar refractivity (Wildman–Crippen MR) is 119 cm³/mol. The Morgan fingerprint density at radius 3 is 2.72 bits per heavy atom. The number of carbonyl (C=O) groups excluding carboxylic acids is 1. The van der Waals surface area contributed by atoms with Crippen molar-refractivity contribution in [3.63, 3.8) is 0 Å². The molecular weight excluding hydrogens is 410 g/mol. The number of rotatable bonds is 8. The van der Waals surface area contributed by atoms with E-state index >= 15 is 0 Å². The van der Waals surface area contributed by atoms with Gasteiger partial charge in [-0.2, -0.15) is 0 Å². The normalized spacial score (nSPS) is 12.1. The van der Waals surface area contributed by atoms with Gasteiger partial charge in [0.15, 0.2) is 11.5 Å². The summed E-state index contributed by atoms with van der Waals surface area (Å²) in [6, 6.07) is 14.5. The highest BCUT2D eigenvalue weighted by molar-refractivity contribution is 6.00. The van der Waals surface area contributed by atoms with Crippen LogP contribution in [0.1, 0.15) is 27.9 Å². The Morgan fingerprint density at radius 1 is 1.22 bits per heavy atom. The first kappa shape index (κ1) is 21.3. The number of Topliss-reactive ketones (excluding diaryl/α,β-unsaturated/α-hetero) is 1. The first-order chi connectivity index (χ1) is 15.5. The van der Waals surface area contributed by atoms with Gasteiger partial charge in [-0.1, -0.05) is 12.1 Å². The molecule has 2 heterocycles. The highest BCUT2D eigenvalue weighted by Gasteiger charge is 2.28. The molecule has 0 radical (unpaired) electrons. The van der Waals surface area contributed by atoms with Crippen molar-refractivity contribution >= 4 is 16.8 Å². The average molecular weight is 433 g/mol. The van der Waals surface area contributed by atoms with Gasteiger partial charge in [0.1, 0.15) is 17.6 Å². The molecule has 1 unspecified atom stereocenters. The van der Waals surface area contributed by atoms with Crippen LogP contribution in [0.2, 0.25) is 0 Å². The number of para-hydroxylation sites is 2. The van der Waals surface area contributed by atoms with Crippen LogP contribution in [0.25, 0.3) is 11.0 Å². The fraction of sp³-hybridized carbons (Fsp3) is 0.208. The third-order valence-corrected chi connectivity index (χ3v) is 5.20. The van der Waals surface area contributed by atoms with Crippen LogP contribution in [0.3, 0.4) is 0 Å². The smallest absolute Gasteiger partial charge is 0.227 e. The van der Waals surface area contributed by atoms with Crippen molar-refractivity contribution in [2.45, 2.75) is 19.5 Å². The van der Waals surface area contributed by atoms with E-state index in [9.17, 15) is 14.7 Å². The molecule has 0 aliphatic rings. The third kappa shape index (κ3) is 4.26. The van der Waals surface area contributed by atoms with Gasteiger partial charge in [0, 0.05) is 24.7 Å². The van der Waals surface area contributed by atoms with Gasteiger partial charge in [-0.3, -0.25) is 14.9 Å². The third-order valence-electron chi connectivity index (χ3n) is 5.20. The Bertz CT molecular complexity index is 1310. The number of aromatic hydroxyl groups is 1. The molecule has 0 bridgehead atoms. The van der Waals surface area contributed by atoms with Gasteiger partial charge in [0.2, 0.25) is 11.2 Å². The summed E-state index contributed by atoms with van der Waals surface area (Å²) in [5.41, 5.74) is 1.64. The molecule has 2 aromatic carbocycles. The number of carbonyl (C=O) groups is 1. The summed E-state index contributed by atoms with van der Waals surface area (Å²) in [6.45, 7) is 2.48. The summed E-state index contributed by atoms with van der Waals surface area (Å²) in [6.07, 6.45) is 1.73. The van der Waals surface area contributed by atoms with E-state index < -0.39 is 17.2 Å². The molecule has 0 fully saturated rings. The first-order valence-electron chi connectivity index (χ1n) is 10.1. The Morgan fingerprint density at radius 2 is 1.97 bits per heavy atom. The molecule has 0 spiro atoms. The number of hydrogen-bond acceptors (Lipinski definition) is 7. The van der Waals surface area contributed by atoms with Crippen molar-refractivity contribution < 1.29 is 19.1 Å². The summed E-state index contributed by atoms with van der Waals surface area (Å²) >= 11 is 0. The number of ketones is 1. The van der Waals surface area contributed by atoms with E-state index in [1.54, 1.807) is 44.6 Å². The van der Waals surface area contributed by atoms with Crippen LogP contribution in [0.4, 0.5) is 0 Å². The Hall–Kier alpha value is -3.91. The van der Waals surface area contributed by atoms with Crippen LogP contribution in [0.15, 0.2) is 70.1 Å². The van der Waals surface area contributed by atoms with Gasteiger partial charge < -0.3 is 18.8 Å². The summed E-state index contributed by atoms with van der Waals surface area (Å²) < 4.78 is 12.7. The first-order valence-corrected chi connectivity index (χ1v) is 10.1. The van der Waals surface area contributed by atoms with Crippen LogP contribution in [-0.2, 0) is 6.54 Å². The fourth-order valence-electron chi connectivity index (χ4n) is 3.57. The monoisotopic (exact) mass is 433 g/mol. The lowest BCUT2D eigenvalue weighted by Gasteiger charge is -2.18. The second kappa shape index (κ2) is 9.07. The number of benzene rings is 2. The minimum atomic E-state index is -1.05. The predicted octanol–water partition coefficient (Wildman–Crippen LogP) is 3.23. The number of fused-ring (bicyclic) bond motifs is 1. The number of nitrogens with zero attached hydrogens (tertiary/aromatic N) is 2. The maximum atomic E-state index is 13.3. The summed E-state index contributed by atoms with van der Waals surface area (Å²) in [5.74, 6) is -0.109. The second-order valence-electron chi connectivity index (χ2n) is 7.34. The largest absolute Gasteiger partial charge is 0.502 e. The van der Waals surface area contributed by atoms with Crippen molar-refractivity contribution in [2.24, 2.45) is 0 Å². The van der Waals surface area contributed by atoms with Crippen LogP contribution < -0.4 is 15.5 Å². The van der Waals surface area contributed by atoms with Crippen LogP contribution in [0, 0.1) is 6.92 Å². The lowest BCUT2D eigenvalue weighted by molar-refractivity contribution is 0.0926.